The van der Waals surface area contributed by atoms with Crippen LogP contribution in [0, 0.1) is 0 Å². The van der Waals surface area contributed by atoms with Crippen LogP contribution in [0.5, 0.6) is 11.5 Å². The van der Waals surface area contributed by atoms with Crippen LogP contribution in [-0.4, -0.2) is 20.9 Å². The van der Waals surface area contributed by atoms with Crippen LogP contribution in [0.3, 0.4) is 0 Å². The van der Waals surface area contributed by atoms with E-state index in [1.165, 1.54) is 56.3 Å². The smallest absolute Gasteiger partial charge is 0.616 e. The minimum atomic E-state index is -0.908. The molecule has 9 rings (SSSR count). The molecule has 0 spiro atoms. The van der Waals surface area contributed by atoms with Crippen LogP contribution in [0.2, 0.25) is 0 Å². The molecule has 2 heterocycles. The number of benzene rings is 7. The lowest BCUT2D eigenvalue weighted by Crippen LogP contribution is -2.16. The molecule has 0 fully saturated rings. The van der Waals surface area contributed by atoms with Crippen molar-refractivity contribution in [2.24, 2.45) is 0 Å². The van der Waals surface area contributed by atoms with Gasteiger partial charge in [0.2, 0.25) is 0 Å². The highest BCUT2D eigenvalue weighted by molar-refractivity contribution is 7.99. The summed E-state index contributed by atoms with van der Waals surface area (Å²) in [5.41, 5.74) is 11.4. The van der Waals surface area contributed by atoms with Crippen molar-refractivity contribution < 1.29 is 7.58 Å². The molecule has 60 heavy (non-hydrogen) atoms. The van der Waals surface area contributed by atoms with E-state index in [-0.39, 0.29) is 0 Å². The average molecular weight is 837 g/mol. The van der Waals surface area contributed by atoms with E-state index < -0.39 is 15.9 Å². The largest absolute Gasteiger partial charge is 0.881 e. The summed E-state index contributed by atoms with van der Waals surface area (Å²) in [6.07, 6.45) is 5.80. The summed E-state index contributed by atoms with van der Waals surface area (Å²) < 4.78 is 14.4. The SMILES string of the molecule is CCCCCc1cccc2c1Sc1ccccc1N2c1ccc(-c2nc3ccc(C(C)CC)cc3s2)c([O][Al][O]c2ccc(N(c3ccccc3)c3ccccc3)cc2)c1. The number of aromatic nitrogens is 1. The van der Waals surface area contributed by atoms with Gasteiger partial charge in [-0.05, 0) is 127 Å². The molecule has 0 saturated carbocycles. The molecular formula is C52H47AlN3O2S2. The summed E-state index contributed by atoms with van der Waals surface area (Å²) >= 11 is 2.70. The summed E-state index contributed by atoms with van der Waals surface area (Å²) in [5.74, 6) is 2.01. The number of anilines is 6. The molecule has 0 saturated heterocycles. The molecule has 0 amide bonds. The molecule has 0 aliphatic carbocycles. The summed E-state index contributed by atoms with van der Waals surface area (Å²) in [4.78, 5) is 12.4. The lowest BCUT2D eigenvalue weighted by Gasteiger charge is -2.34. The van der Waals surface area contributed by atoms with Crippen LogP contribution in [-0.2, 0) is 6.42 Å². The summed E-state index contributed by atoms with van der Waals surface area (Å²) in [6, 6.07) is 57.9. The fourth-order valence-electron chi connectivity index (χ4n) is 7.80. The van der Waals surface area contributed by atoms with Crippen LogP contribution in [0.25, 0.3) is 20.8 Å². The number of thiazole rings is 1. The minimum Gasteiger partial charge on any atom is -0.616 e. The maximum atomic E-state index is 6.77. The fraction of sp³-hybridized carbons (Fsp3) is 0.173. The van der Waals surface area contributed by atoms with Crippen molar-refractivity contribution in [3.8, 4) is 22.1 Å². The van der Waals surface area contributed by atoms with Gasteiger partial charge in [-0.1, -0.05) is 112 Å². The van der Waals surface area contributed by atoms with Gasteiger partial charge in [0.05, 0.1) is 33.1 Å². The molecule has 1 radical (unpaired) electrons. The van der Waals surface area contributed by atoms with Crippen LogP contribution in [0.15, 0.2) is 174 Å². The first-order valence-electron chi connectivity index (χ1n) is 21.0. The number of aryl methyl sites for hydroxylation is 1. The van der Waals surface area contributed by atoms with Crippen LogP contribution in [0.4, 0.5) is 34.1 Å². The predicted octanol–water partition coefficient (Wildman–Crippen LogP) is 15.6. The first kappa shape index (κ1) is 39.9. The summed E-state index contributed by atoms with van der Waals surface area (Å²) in [7, 11) is 0. The molecular weight excluding hydrogens is 790 g/mol. The Bertz CT molecular complexity index is 2670. The predicted molar refractivity (Wildman–Crippen MR) is 254 cm³/mol. The molecule has 8 heteroatoms. The van der Waals surface area contributed by atoms with Crippen molar-refractivity contribution in [3.63, 3.8) is 0 Å². The number of para-hydroxylation sites is 3. The second kappa shape index (κ2) is 18.4. The Morgan fingerprint density at radius 2 is 1.40 bits per heavy atom. The van der Waals surface area contributed by atoms with E-state index >= 15 is 0 Å². The maximum Gasteiger partial charge on any atom is 0.881 e. The molecule has 1 atom stereocenters. The standard InChI is InChI=1S/C34H34N2OS2.C18H15NO.Al/c1-4-6-7-11-23-12-10-14-29-33(23)38-31-15-9-8-13-28(31)36(29)25-17-18-26(30(37)21-25)34-35-27-19-16-24(22(3)5-2)20-32(27)39-34;20-18-13-11-17(12-14-18)19(15-7-3-1-4-8-15)16-9-5-2-6-10-16;/h8-10,12-22,37H,4-7,11H2,1-3H3;1-14,20H;/q;;+2/p-2. The molecule has 1 aromatic heterocycles. The van der Waals surface area contributed by atoms with Crippen LogP contribution >= 0.6 is 23.1 Å². The zero-order chi connectivity index (χ0) is 40.8. The molecule has 297 valence electrons. The van der Waals surface area contributed by atoms with Gasteiger partial charge >= 0.3 is 15.9 Å². The Kier molecular flexibility index (Phi) is 12.3. The van der Waals surface area contributed by atoms with Gasteiger partial charge in [-0.25, -0.2) is 4.98 Å². The molecule has 0 N–H and O–H groups in total. The second-order valence-electron chi connectivity index (χ2n) is 15.2. The molecule has 5 nitrogen and oxygen atoms in total. The van der Waals surface area contributed by atoms with E-state index in [4.69, 9.17) is 12.6 Å². The van der Waals surface area contributed by atoms with Gasteiger partial charge in [0.25, 0.3) is 0 Å². The van der Waals surface area contributed by atoms with Gasteiger partial charge in [0.1, 0.15) is 5.01 Å². The Labute approximate surface area is 369 Å². The number of hydrogen-bond donors (Lipinski definition) is 0. The monoisotopic (exact) mass is 836 g/mol. The van der Waals surface area contributed by atoms with E-state index in [0.717, 1.165) is 63.2 Å². The van der Waals surface area contributed by atoms with Crippen molar-refractivity contribution in [2.45, 2.75) is 68.6 Å². The summed E-state index contributed by atoms with van der Waals surface area (Å²) in [6.45, 7) is 6.80. The average Bonchev–Trinajstić information content (AvgIpc) is 3.73. The molecule has 1 unspecified atom stereocenters. The number of hydrogen-bond acceptors (Lipinski definition) is 7. The lowest BCUT2D eigenvalue weighted by molar-refractivity contribution is 0.460. The molecule has 1 aliphatic rings. The zero-order valence-electron chi connectivity index (χ0n) is 34.3. The Balaban J connectivity index is 1.05. The highest BCUT2D eigenvalue weighted by atomic mass is 32.2. The van der Waals surface area contributed by atoms with Crippen molar-refractivity contribution in [1.29, 1.82) is 0 Å². The van der Waals surface area contributed by atoms with E-state index in [2.05, 4.69) is 170 Å². The van der Waals surface area contributed by atoms with Gasteiger partial charge < -0.3 is 17.4 Å². The highest BCUT2D eigenvalue weighted by Crippen LogP contribution is 2.53. The normalized spacial score (nSPS) is 12.4. The first-order valence-corrected chi connectivity index (χ1v) is 23.5. The number of rotatable bonds is 15. The Hall–Kier alpha value is -5.49. The molecule has 1 aliphatic heterocycles. The van der Waals surface area contributed by atoms with Crippen LogP contribution in [0.1, 0.15) is 63.5 Å². The number of nitrogens with zero attached hydrogens (tertiary/aromatic N) is 3. The zero-order valence-corrected chi connectivity index (χ0v) is 37.0. The van der Waals surface area contributed by atoms with Gasteiger partial charge in [-0.2, -0.15) is 0 Å². The quantitative estimate of drug-likeness (QED) is 0.0756. The van der Waals surface area contributed by atoms with Crippen molar-refractivity contribution in [2.75, 3.05) is 9.80 Å². The lowest BCUT2D eigenvalue weighted by atomic mass is 9.99. The van der Waals surface area contributed by atoms with Crippen molar-refractivity contribution in [3.05, 3.63) is 175 Å². The molecule has 7 aromatic carbocycles. The fourth-order valence-corrected chi connectivity index (χ4v) is 10.7. The molecule has 0 bridgehead atoms. The second-order valence-corrected chi connectivity index (χ2v) is 17.9. The highest BCUT2D eigenvalue weighted by Gasteiger charge is 2.28. The van der Waals surface area contributed by atoms with Gasteiger partial charge in [-0.15, -0.1) is 11.3 Å². The number of unbranched alkanes of at least 4 members (excludes halogenated alkanes) is 2. The van der Waals surface area contributed by atoms with Gasteiger partial charge in [0.15, 0.2) is 0 Å². The van der Waals surface area contributed by atoms with E-state index in [1.54, 1.807) is 11.3 Å². The van der Waals surface area contributed by atoms with Gasteiger partial charge in [0, 0.05) is 44.2 Å². The molecule has 8 aromatic rings. The third-order valence-electron chi connectivity index (χ3n) is 11.2. The van der Waals surface area contributed by atoms with Gasteiger partial charge in [-0.3, -0.25) is 0 Å². The minimum absolute atomic E-state index is 0.494. The first-order chi connectivity index (χ1) is 29.6. The van der Waals surface area contributed by atoms with E-state index in [1.807, 2.05) is 36.0 Å². The summed E-state index contributed by atoms with van der Waals surface area (Å²) in [5, 5.41) is 0.937. The van der Waals surface area contributed by atoms with Crippen molar-refractivity contribution >= 4 is 83.3 Å². The van der Waals surface area contributed by atoms with Crippen LogP contribution < -0.4 is 17.4 Å². The Morgan fingerprint density at radius 1 is 0.683 bits per heavy atom. The number of fused-ring (bicyclic) bond motifs is 3. The van der Waals surface area contributed by atoms with E-state index in [0.29, 0.717) is 5.92 Å². The third kappa shape index (κ3) is 8.44. The third-order valence-corrected chi connectivity index (χ3v) is 14.2. The maximum absolute atomic E-state index is 6.77. The van der Waals surface area contributed by atoms with E-state index in [9.17, 15) is 0 Å². The topological polar surface area (TPSA) is 37.8 Å². The Morgan fingerprint density at radius 3 is 2.15 bits per heavy atom. The van der Waals surface area contributed by atoms with Crippen molar-refractivity contribution in [1.82, 2.24) is 4.98 Å².